The average Bonchev–Trinajstić information content (AvgIpc) is 2.81. The molecule has 1 atom stereocenters. The predicted molar refractivity (Wildman–Crippen MR) is 134 cm³/mol. The standard InChI is InChI=1S/C28H25F2NO2S/c1-2-34-25-12-9-19(10-13-25)15-28(32)31-23-11-14-26(20-5-3-6-21(29)16-20)27(18-23)33-24-8-4-7-22(30)17-24/h3-14,16-18,28,31-32H,2,15H2,1H3. The summed E-state index contributed by atoms with van der Waals surface area (Å²) in [5.74, 6) is 0.956. The SMILES string of the molecule is CCSc1ccc(CC(O)Nc2ccc(-c3cccc(F)c3)c(Oc3cccc(F)c3)c2)cc1. The molecule has 174 valence electrons. The first-order valence-corrected chi connectivity index (χ1v) is 12.0. The van der Waals surface area contributed by atoms with Gasteiger partial charge in [0.1, 0.15) is 29.4 Å². The van der Waals surface area contributed by atoms with Gasteiger partial charge in [-0.2, -0.15) is 0 Å². The van der Waals surface area contributed by atoms with Crippen LogP contribution in [0.25, 0.3) is 11.1 Å². The molecule has 3 nitrogen and oxygen atoms in total. The highest BCUT2D eigenvalue weighted by Gasteiger charge is 2.13. The molecule has 0 aliphatic carbocycles. The third-order valence-electron chi connectivity index (χ3n) is 5.14. The van der Waals surface area contributed by atoms with Gasteiger partial charge in [0.05, 0.1) is 0 Å². The van der Waals surface area contributed by atoms with Crippen LogP contribution in [0.15, 0.2) is 95.9 Å². The number of hydrogen-bond donors (Lipinski definition) is 2. The van der Waals surface area contributed by atoms with Crippen LogP contribution in [0.4, 0.5) is 14.5 Å². The Balaban J connectivity index is 1.56. The minimum Gasteiger partial charge on any atom is -0.457 e. The Bertz CT molecular complexity index is 1250. The van der Waals surface area contributed by atoms with Gasteiger partial charge < -0.3 is 15.2 Å². The Kier molecular flexibility index (Phi) is 7.83. The van der Waals surface area contributed by atoms with Gasteiger partial charge in [0.2, 0.25) is 0 Å². The van der Waals surface area contributed by atoms with Crippen molar-refractivity contribution in [2.75, 3.05) is 11.1 Å². The van der Waals surface area contributed by atoms with Crippen molar-refractivity contribution >= 4 is 17.4 Å². The van der Waals surface area contributed by atoms with Crippen LogP contribution in [-0.2, 0) is 6.42 Å². The Morgan fingerprint density at radius 2 is 1.62 bits per heavy atom. The summed E-state index contributed by atoms with van der Waals surface area (Å²) in [4.78, 5) is 1.20. The van der Waals surface area contributed by atoms with Crippen molar-refractivity contribution < 1.29 is 18.6 Å². The van der Waals surface area contributed by atoms with E-state index in [0.717, 1.165) is 11.3 Å². The topological polar surface area (TPSA) is 41.5 Å². The molecule has 0 aromatic heterocycles. The summed E-state index contributed by atoms with van der Waals surface area (Å²) >= 11 is 1.77. The van der Waals surface area contributed by atoms with Gasteiger partial charge in [0.15, 0.2) is 0 Å². The van der Waals surface area contributed by atoms with Crippen molar-refractivity contribution in [2.24, 2.45) is 0 Å². The maximum absolute atomic E-state index is 13.9. The number of ether oxygens (including phenoxy) is 1. The van der Waals surface area contributed by atoms with Gasteiger partial charge in [0, 0.05) is 34.7 Å². The van der Waals surface area contributed by atoms with E-state index in [-0.39, 0.29) is 5.82 Å². The lowest BCUT2D eigenvalue weighted by Crippen LogP contribution is -2.21. The van der Waals surface area contributed by atoms with E-state index in [1.165, 1.54) is 29.2 Å². The zero-order valence-electron chi connectivity index (χ0n) is 18.7. The van der Waals surface area contributed by atoms with Crippen LogP contribution in [0.1, 0.15) is 12.5 Å². The Labute approximate surface area is 202 Å². The molecular formula is C28H25F2NO2S. The quantitative estimate of drug-likeness (QED) is 0.193. The van der Waals surface area contributed by atoms with E-state index >= 15 is 0 Å². The highest BCUT2D eigenvalue weighted by molar-refractivity contribution is 7.99. The summed E-state index contributed by atoms with van der Waals surface area (Å²) in [6, 6.07) is 25.4. The summed E-state index contributed by atoms with van der Waals surface area (Å²) in [5.41, 5.74) is 2.90. The molecule has 4 aromatic carbocycles. The molecule has 0 fully saturated rings. The highest BCUT2D eigenvalue weighted by atomic mass is 32.2. The number of rotatable bonds is 9. The molecule has 0 saturated heterocycles. The second kappa shape index (κ2) is 11.2. The number of thioether (sulfide) groups is 1. The van der Waals surface area contributed by atoms with Gasteiger partial charge >= 0.3 is 0 Å². The van der Waals surface area contributed by atoms with E-state index in [2.05, 4.69) is 24.4 Å². The summed E-state index contributed by atoms with van der Waals surface area (Å²) < 4.78 is 33.5. The van der Waals surface area contributed by atoms with Gasteiger partial charge in [-0.15, -0.1) is 11.8 Å². The van der Waals surface area contributed by atoms with Gasteiger partial charge in [-0.1, -0.05) is 37.3 Å². The lowest BCUT2D eigenvalue weighted by atomic mass is 10.0. The van der Waals surface area contributed by atoms with Crippen molar-refractivity contribution in [3.8, 4) is 22.6 Å². The van der Waals surface area contributed by atoms with Gasteiger partial charge in [-0.25, -0.2) is 8.78 Å². The molecule has 0 heterocycles. The third kappa shape index (κ3) is 6.37. The lowest BCUT2D eigenvalue weighted by Gasteiger charge is -2.18. The average molecular weight is 478 g/mol. The molecule has 0 spiro atoms. The minimum absolute atomic E-state index is 0.320. The normalized spacial score (nSPS) is 11.8. The van der Waals surface area contributed by atoms with Gasteiger partial charge in [0.25, 0.3) is 0 Å². The number of halogens is 2. The second-order valence-corrected chi connectivity index (χ2v) is 9.06. The monoisotopic (exact) mass is 477 g/mol. The molecule has 0 saturated carbocycles. The van der Waals surface area contributed by atoms with Crippen LogP contribution >= 0.6 is 11.8 Å². The molecule has 0 radical (unpaired) electrons. The predicted octanol–water partition coefficient (Wildman–Crippen LogP) is 7.51. The second-order valence-electron chi connectivity index (χ2n) is 7.72. The summed E-state index contributed by atoms with van der Waals surface area (Å²) in [6.07, 6.45) is -0.408. The molecule has 0 amide bonds. The van der Waals surface area contributed by atoms with E-state index in [0.29, 0.717) is 34.7 Å². The molecule has 0 aliphatic rings. The minimum atomic E-state index is -0.827. The van der Waals surface area contributed by atoms with Crippen molar-refractivity contribution in [1.82, 2.24) is 0 Å². The fraction of sp³-hybridized carbons (Fsp3) is 0.143. The van der Waals surface area contributed by atoms with Crippen molar-refractivity contribution in [1.29, 1.82) is 0 Å². The maximum Gasteiger partial charge on any atom is 0.137 e. The fourth-order valence-electron chi connectivity index (χ4n) is 3.60. The molecule has 4 rings (SSSR count). The van der Waals surface area contributed by atoms with Crippen LogP contribution in [0.3, 0.4) is 0 Å². The van der Waals surface area contributed by atoms with E-state index in [1.54, 1.807) is 54.2 Å². The Morgan fingerprint density at radius 1 is 0.882 bits per heavy atom. The van der Waals surface area contributed by atoms with Crippen molar-refractivity contribution in [3.63, 3.8) is 0 Å². The van der Waals surface area contributed by atoms with Crippen molar-refractivity contribution in [3.05, 3.63) is 108 Å². The van der Waals surface area contributed by atoms with E-state index in [1.807, 2.05) is 12.1 Å². The number of nitrogens with one attached hydrogen (secondary N) is 1. The van der Waals surface area contributed by atoms with Gasteiger partial charge in [-0.3, -0.25) is 0 Å². The zero-order chi connectivity index (χ0) is 23.9. The van der Waals surface area contributed by atoms with E-state index < -0.39 is 12.0 Å². The molecule has 0 aliphatic heterocycles. The van der Waals surface area contributed by atoms with Crippen LogP contribution in [0, 0.1) is 11.6 Å². The van der Waals surface area contributed by atoms with Crippen LogP contribution < -0.4 is 10.1 Å². The first kappa shape index (κ1) is 23.8. The number of benzene rings is 4. The molecule has 34 heavy (non-hydrogen) atoms. The first-order chi connectivity index (χ1) is 16.5. The first-order valence-electron chi connectivity index (χ1n) is 11.0. The zero-order valence-corrected chi connectivity index (χ0v) is 19.5. The van der Waals surface area contributed by atoms with Crippen LogP contribution in [-0.4, -0.2) is 17.1 Å². The Morgan fingerprint density at radius 3 is 2.32 bits per heavy atom. The Hall–Kier alpha value is -3.35. The number of anilines is 1. The summed E-state index contributed by atoms with van der Waals surface area (Å²) in [5, 5.41) is 13.7. The summed E-state index contributed by atoms with van der Waals surface area (Å²) in [6.45, 7) is 2.11. The smallest absolute Gasteiger partial charge is 0.137 e. The molecule has 1 unspecified atom stereocenters. The summed E-state index contributed by atoms with van der Waals surface area (Å²) in [7, 11) is 0. The fourth-order valence-corrected chi connectivity index (χ4v) is 4.27. The number of aliphatic hydroxyl groups excluding tert-OH is 1. The molecule has 6 heteroatoms. The lowest BCUT2D eigenvalue weighted by molar-refractivity contribution is 0.204. The molecule has 4 aromatic rings. The van der Waals surface area contributed by atoms with Crippen LogP contribution in [0.2, 0.25) is 0 Å². The molecule has 2 N–H and O–H groups in total. The number of hydrogen-bond acceptors (Lipinski definition) is 4. The van der Waals surface area contributed by atoms with Crippen molar-refractivity contribution in [2.45, 2.75) is 24.5 Å². The highest BCUT2D eigenvalue weighted by Crippen LogP contribution is 2.36. The van der Waals surface area contributed by atoms with Gasteiger partial charge in [-0.05, 0) is 65.4 Å². The molecular weight excluding hydrogens is 452 g/mol. The van der Waals surface area contributed by atoms with Crippen LogP contribution in [0.5, 0.6) is 11.5 Å². The van der Waals surface area contributed by atoms with E-state index in [9.17, 15) is 13.9 Å². The van der Waals surface area contributed by atoms with E-state index in [4.69, 9.17) is 4.74 Å². The maximum atomic E-state index is 13.9. The largest absolute Gasteiger partial charge is 0.457 e. The number of aliphatic hydroxyl groups is 1. The third-order valence-corrected chi connectivity index (χ3v) is 6.03. The molecule has 0 bridgehead atoms.